The van der Waals surface area contributed by atoms with E-state index in [4.69, 9.17) is 11.6 Å². The highest BCUT2D eigenvalue weighted by molar-refractivity contribution is 7.91. The first-order valence-electron chi connectivity index (χ1n) is 10.2. The summed E-state index contributed by atoms with van der Waals surface area (Å²) in [6, 6.07) is 6.98. The second-order valence-electron chi connectivity index (χ2n) is 7.77. The van der Waals surface area contributed by atoms with Crippen molar-refractivity contribution in [3.05, 3.63) is 52.5 Å². The van der Waals surface area contributed by atoms with E-state index in [9.17, 15) is 13.2 Å². The molecule has 0 unspecified atom stereocenters. The maximum absolute atomic E-state index is 13.4. The van der Waals surface area contributed by atoms with Crippen molar-refractivity contribution in [3.8, 4) is 0 Å². The number of rotatable bonds is 4. The van der Waals surface area contributed by atoms with E-state index in [0.717, 1.165) is 10.2 Å². The van der Waals surface area contributed by atoms with Gasteiger partial charge in [-0.2, -0.15) is 0 Å². The normalized spacial score (nSPS) is 16.7. The third-order valence-corrected chi connectivity index (χ3v) is 8.25. The number of anilines is 1. The smallest absolute Gasteiger partial charge is 0.273 e. The Hall–Kier alpha value is -2.89. The standard InChI is InChI=1S/C21H19ClN6O3S2/c1-12(26-19-18-20(24-10-23-19)32-11-25-18)15-9-13-3-2-4-14(22)16(13)17(27-15)21(29)28-5-7-33(30,31)8-6-28/h2-4,9-12H,5-8H2,1H3,(H,23,24,26)/t12-/m0/s1. The van der Waals surface area contributed by atoms with E-state index in [0.29, 0.717) is 27.4 Å². The lowest BCUT2D eigenvalue weighted by molar-refractivity contribution is 0.0766. The molecule has 0 aliphatic carbocycles. The van der Waals surface area contributed by atoms with Crippen molar-refractivity contribution in [2.45, 2.75) is 13.0 Å². The van der Waals surface area contributed by atoms with Gasteiger partial charge in [-0.15, -0.1) is 11.3 Å². The van der Waals surface area contributed by atoms with E-state index in [1.54, 1.807) is 11.6 Å². The summed E-state index contributed by atoms with van der Waals surface area (Å²) in [6.45, 7) is 2.19. The van der Waals surface area contributed by atoms with Crippen LogP contribution in [-0.2, 0) is 9.84 Å². The summed E-state index contributed by atoms with van der Waals surface area (Å²) in [7, 11) is -3.12. The summed E-state index contributed by atoms with van der Waals surface area (Å²) in [5.74, 6) is 0.135. The van der Waals surface area contributed by atoms with Crippen LogP contribution in [0.1, 0.15) is 29.1 Å². The number of aromatic nitrogens is 4. The summed E-state index contributed by atoms with van der Waals surface area (Å²) in [6.07, 6.45) is 1.47. The van der Waals surface area contributed by atoms with Crippen molar-refractivity contribution in [3.63, 3.8) is 0 Å². The van der Waals surface area contributed by atoms with Crippen LogP contribution in [0.2, 0.25) is 5.02 Å². The Morgan fingerprint density at radius 1 is 1.21 bits per heavy atom. The first-order chi connectivity index (χ1) is 15.8. The lowest BCUT2D eigenvalue weighted by Gasteiger charge is -2.27. The van der Waals surface area contributed by atoms with Crippen LogP contribution in [0.25, 0.3) is 21.1 Å². The van der Waals surface area contributed by atoms with Crippen molar-refractivity contribution in [2.75, 3.05) is 29.9 Å². The topological polar surface area (TPSA) is 118 Å². The number of nitrogens with one attached hydrogen (secondary N) is 1. The molecule has 33 heavy (non-hydrogen) atoms. The molecule has 12 heteroatoms. The summed E-state index contributed by atoms with van der Waals surface area (Å²) >= 11 is 7.88. The van der Waals surface area contributed by atoms with Crippen molar-refractivity contribution in [2.24, 2.45) is 0 Å². The van der Waals surface area contributed by atoms with Gasteiger partial charge in [-0.1, -0.05) is 23.7 Å². The minimum Gasteiger partial charge on any atom is -0.360 e. The molecule has 1 aliphatic heterocycles. The van der Waals surface area contributed by atoms with Gasteiger partial charge in [0.15, 0.2) is 15.7 Å². The molecule has 1 amide bonds. The van der Waals surface area contributed by atoms with Crippen molar-refractivity contribution in [1.82, 2.24) is 24.8 Å². The Morgan fingerprint density at radius 2 is 2.00 bits per heavy atom. The molecule has 0 saturated carbocycles. The maximum atomic E-state index is 13.4. The predicted molar refractivity (Wildman–Crippen MR) is 129 cm³/mol. The minimum atomic E-state index is -3.12. The largest absolute Gasteiger partial charge is 0.360 e. The minimum absolute atomic E-state index is 0.0561. The van der Waals surface area contributed by atoms with Gasteiger partial charge in [0.25, 0.3) is 5.91 Å². The number of nitrogens with zero attached hydrogens (tertiary/aromatic N) is 5. The SMILES string of the molecule is C[C@H](Nc1ncnc2scnc12)c1cc2cccc(Cl)c2c(C(=O)N2CCS(=O)(=O)CC2)n1. The number of carbonyl (C=O) groups is 1. The number of thiazole rings is 1. The van der Waals surface area contributed by atoms with E-state index in [1.165, 1.54) is 22.6 Å². The second-order valence-corrected chi connectivity index (χ2v) is 11.3. The van der Waals surface area contributed by atoms with Gasteiger partial charge in [0.05, 0.1) is 33.8 Å². The summed E-state index contributed by atoms with van der Waals surface area (Å²) in [4.78, 5) is 33.2. The van der Waals surface area contributed by atoms with Crippen LogP contribution in [-0.4, -0.2) is 63.8 Å². The molecule has 1 aliphatic rings. The van der Waals surface area contributed by atoms with Gasteiger partial charge in [-0.05, 0) is 24.4 Å². The Labute approximate surface area is 198 Å². The fraction of sp³-hybridized carbons (Fsp3) is 0.286. The summed E-state index contributed by atoms with van der Waals surface area (Å²) in [5, 5.41) is 5.06. The van der Waals surface area contributed by atoms with E-state index in [2.05, 4.69) is 25.3 Å². The number of benzene rings is 1. The zero-order valence-corrected chi connectivity index (χ0v) is 19.9. The molecule has 1 fully saturated rings. The number of amides is 1. The van der Waals surface area contributed by atoms with E-state index in [1.807, 2.05) is 25.1 Å². The van der Waals surface area contributed by atoms with Gasteiger partial charge in [0, 0.05) is 18.5 Å². The van der Waals surface area contributed by atoms with Gasteiger partial charge in [0.2, 0.25) is 0 Å². The second kappa shape index (κ2) is 8.47. The molecule has 4 heterocycles. The first kappa shape index (κ1) is 21.9. The predicted octanol–water partition coefficient (Wildman–Crippen LogP) is 3.33. The van der Waals surface area contributed by atoms with E-state index in [-0.39, 0.29) is 42.2 Å². The third kappa shape index (κ3) is 4.23. The third-order valence-electron chi connectivity index (χ3n) is 5.59. The number of sulfone groups is 1. The van der Waals surface area contributed by atoms with Gasteiger partial charge in [0.1, 0.15) is 22.4 Å². The van der Waals surface area contributed by atoms with E-state index >= 15 is 0 Å². The summed E-state index contributed by atoms with van der Waals surface area (Å²) < 4.78 is 23.6. The van der Waals surface area contributed by atoms with Gasteiger partial charge >= 0.3 is 0 Å². The quantitative estimate of drug-likeness (QED) is 0.451. The van der Waals surface area contributed by atoms with Crippen molar-refractivity contribution >= 4 is 65.6 Å². The van der Waals surface area contributed by atoms with Gasteiger partial charge in [-0.3, -0.25) is 4.79 Å². The lowest BCUT2D eigenvalue weighted by atomic mass is 10.0. The van der Waals surface area contributed by atoms with Crippen LogP contribution in [0.15, 0.2) is 36.1 Å². The molecule has 1 aromatic carbocycles. The molecule has 1 N–H and O–H groups in total. The number of fused-ring (bicyclic) bond motifs is 2. The summed E-state index contributed by atoms with van der Waals surface area (Å²) in [5.41, 5.74) is 3.22. The lowest BCUT2D eigenvalue weighted by Crippen LogP contribution is -2.44. The first-order valence-corrected chi connectivity index (χ1v) is 13.3. The van der Waals surface area contributed by atoms with Gasteiger partial charge in [-0.25, -0.2) is 28.4 Å². The highest BCUT2D eigenvalue weighted by atomic mass is 35.5. The number of pyridine rings is 1. The molecule has 9 nitrogen and oxygen atoms in total. The Morgan fingerprint density at radius 3 is 2.79 bits per heavy atom. The molecule has 170 valence electrons. The van der Waals surface area contributed by atoms with Crippen molar-refractivity contribution in [1.29, 1.82) is 0 Å². The van der Waals surface area contributed by atoms with Crippen LogP contribution in [0, 0.1) is 0 Å². The molecule has 0 radical (unpaired) electrons. The molecule has 4 aromatic rings. The van der Waals surface area contributed by atoms with Crippen LogP contribution < -0.4 is 5.32 Å². The Kier molecular flexibility index (Phi) is 5.63. The number of halogens is 1. The zero-order valence-electron chi connectivity index (χ0n) is 17.5. The molecule has 5 rings (SSSR count). The van der Waals surface area contributed by atoms with Crippen LogP contribution in [0.5, 0.6) is 0 Å². The molecular weight excluding hydrogens is 484 g/mol. The molecule has 0 bridgehead atoms. The Balaban J connectivity index is 1.54. The maximum Gasteiger partial charge on any atom is 0.273 e. The average molecular weight is 503 g/mol. The molecule has 1 atom stereocenters. The fourth-order valence-corrected chi connectivity index (χ4v) is 5.91. The zero-order chi connectivity index (χ0) is 23.2. The number of carbonyl (C=O) groups excluding carboxylic acids is 1. The van der Waals surface area contributed by atoms with Crippen LogP contribution in [0.3, 0.4) is 0 Å². The highest BCUT2D eigenvalue weighted by Crippen LogP contribution is 2.31. The van der Waals surface area contributed by atoms with E-state index < -0.39 is 9.84 Å². The van der Waals surface area contributed by atoms with Crippen LogP contribution >= 0.6 is 22.9 Å². The fourth-order valence-electron chi connectivity index (χ4n) is 3.81. The molecule has 1 saturated heterocycles. The molecule has 3 aromatic heterocycles. The monoisotopic (exact) mass is 502 g/mol. The molecular formula is C21H19ClN6O3S2. The number of hydrogen-bond donors (Lipinski definition) is 1. The molecule has 0 spiro atoms. The van der Waals surface area contributed by atoms with Crippen LogP contribution in [0.4, 0.5) is 5.82 Å². The highest BCUT2D eigenvalue weighted by Gasteiger charge is 2.29. The average Bonchev–Trinajstić information content (AvgIpc) is 3.28. The van der Waals surface area contributed by atoms with Crippen molar-refractivity contribution < 1.29 is 13.2 Å². The van der Waals surface area contributed by atoms with Gasteiger partial charge < -0.3 is 10.2 Å². The number of hydrogen-bond acceptors (Lipinski definition) is 9. The Bertz CT molecular complexity index is 1480.